The second-order valence-electron chi connectivity index (χ2n) is 10.7. The Hall–Kier alpha value is -4.58. The summed E-state index contributed by atoms with van der Waals surface area (Å²) in [5.41, 5.74) is 2.09. The molecular formula is C30H28N2O9. The molecule has 0 unspecified atom stereocenters. The summed E-state index contributed by atoms with van der Waals surface area (Å²) in [6.07, 6.45) is -0.180. The van der Waals surface area contributed by atoms with E-state index in [-0.39, 0.29) is 22.5 Å². The molecule has 2 aromatic carbocycles. The van der Waals surface area contributed by atoms with Gasteiger partial charge in [-0.3, -0.25) is 24.1 Å². The largest absolute Gasteiger partial charge is 0.510 e. The van der Waals surface area contributed by atoms with Gasteiger partial charge in [0.25, 0.3) is 5.91 Å². The predicted molar refractivity (Wildman–Crippen MR) is 146 cm³/mol. The number of hydrogen-bond acceptors (Lipinski definition) is 10. The number of aliphatic hydroxyl groups excluding tert-OH is 3. The van der Waals surface area contributed by atoms with Crippen molar-refractivity contribution in [1.29, 1.82) is 0 Å². The number of carbonyl (C=O) groups excluding carboxylic acids is 4. The molecule has 0 fully saturated rings. The zero-order valence-corrected chi connectivity index (χ0v) is 22.3. The van der Waals surface area contributed by atoms with Crippen LogP contribution in [0.2, 0.25) is 0 Å². The first-order chi connectivity index (χ1) is 19.2. The Morgan fingerprint density at radius 1 is 1.02 bits per heavy atom. The van der Waals surface area contributed by atoms with Gasteiger partial charge in [0.2, 0.25) is 5.78 Å². The van der Waals surface area contributed by atoms with Gasteiger partial charge in [0, 0.05) is 11.5 Å². The second kappa shape index (κ2) is 9.51. The summed E-state index contributed by atoms with van der Waals surface area (Å²) in [5, 5.41) is 56.9. The van der Waals surface area contributed by atoms with E-state index in [0.717, 1.165) is 0 Å². The third-order valence-electron chi connectivity index (χ3n) is 8.17. The van der Waals surface area contributed by atoms with Crippen LogP contribution in [0.15, 0.2) is 65.1 Å². The number of benzene rings is 2. The van der Waals surface area contributed by atoms with Crippen molar-refractivity contribution in [3.63, 3.8) is 0 Å². The molecule has 5 atom stereocenters. The monoisotopic (exact) mass is 560 g/mol. The van der Waals surface area contributed by atoms with Gasteiger partial charge in [-0.25, -0.2) is 0 Å². The number of Topliss-reactive ketones (excluding diaryl/α,β-unsaturated/α-hetero) is 3. The molecule has 0 saturated heterocycles. The van der Waals surface area contributed by atoms with Crippen molar-refractivity contribution in [2.45, 2.75) is 24.7 Å². The summed E-state index contributed by atoms with van der Waals surface area (Å²) in [6, 6.07) is 9.37. The van der Waals surface area contributed by atoms with Crippen molar-refractivity contribution in [2.75, 3.05) is 14.1 Å². The topological polar surface area (TPSA) is 199 Å². The summed E-state index contributed by atoms with van der Waals surface area (Å²) >= 11 is 0. The molecule has 2 aromatic rings. The van der Waals surface area contributed by atoms with Gasteiger partial charge in [-0.1, -0.05) is 42.5 Å². The highest BCUT2D eigenvalue weighted by Gasteiger charge is 2.67. The lowest BCUT2D eigenvalue weighted by Gasteiger charge is -2.52. The Bertz CT molecular complexity index is 1630. The van der Waals surface area contributed by atoms with Crippen LogP contribution in [0.5, 0.6) is 5.75 Å². The maximum absolute atomic E-state index is 13.8. The molecule has 0 radical (unpaired) electrons. The first-order valence-electron chi connectivity index (χ1n) is 12.7. The lowest BCUT2D eigenvalue weighted by atomic mass is 9.56. The molecule has 0 aliphatic heterocycles. The summed E-state index contributed by atoms with van der Waals surface area (Å²) < 4.78 is 0. The smallest absolute Gasteiger partial charge is 0.255 e. The van der Waals surface area contributed by atoms with E-state index in [1.165, 1.54) is 38.1 Å². The minimum atomic E-state index is -3.01. The maximum Gasteiger partial charge on any atom is 0.255 e. The van der Waals surface area contributed by atoms with Crippen molar-refractivity contribution in [2.24, 2.45) is 17.6 Å². The Morgan fingerprint density at radius 3 is 2.22 bits per heavy atom. The number of carbonyl (C=O) groups is 4. The molecular weight excluding hydrogens is 532 g/mol. The van der Waals surface area contributed by atoms with Crippen LogP contribution < -0.4 is 5.73 Å². The van der Waals surface area contributed by atoms with Crippen molar-refractivity contribution >= 4 is 34.9 Å². The zero-order chi connectivity index (χ0) is 30.1. The van der Waals surface area contributed by atoms with Gasteiger partial charge in [-0.2, -0.15) is 0 Å². The minimum absolute atomic E-state index is 0.153. The molecule has 0 spiro atoms. The van der Waals surface area contributed by atoms with Crippen molar-refractivity contribution in [3.05, 3.63) is 87.4 Å². The van der Waals surface area contributed by atoms with Gasteiger partial charge < -0.3 is 31.3 Å². The maximum atomic E-state index is 13.8. The van der Waals surface area contributed by atoms with Gasteiger partial charge in [0.15, 0.2) is 17.2 Å². The van der Waals surface area contributed by atoms with E-state index < -0.39 is 75.5 Å². The van der Waals surface area contributed by atoms with E-state index in [2.05, 4.69) is 0 Å². The molecule has 11 nitrogen and oxygen atoms in total. The number of nitrogens with zero attached hydrogens (tertiary/aromatic N) is 1. The van der Waals surface area contributed by atoms with E-state index >= 15 is 0 Å². The van der Waals surface area contributed by atoms with Crippen molar-refractivity contribution in [3.8, 4) is 5.75 Å². The number of rotatable bonds is 4. The fraction of sp³-hybridized carbons (Fsp3) is 0.267. The lowest BCUT2D eigenvalue weighted by Crippen LogP contribution is -2.68. The Morgan fingerprint density at radius 2 is 1.66 bits per heavy atom. The fourth-order valence-corrected chi connectivity index (χ4v) is 6.31. The molecule has 7 N–H and O–H groups in total. The summed E-state index contributed by atoms with van der Waals surface area (Å²) in [4.78, 5) is 52.6. The third-order valence-corrected chi connectivity index (χ3v) is 8.17. The van der Waals surface area contributed by atoms with Crippen LogP contribution in [0.4, 0.5) is 0 Å². The second-order valence-corrected chi connectivity index (χ2v) is 10.7. The number of phenolic OH excluding ortho intramolecular Hbond substituents is 1. The number of aromatic hydroxyl groups is 1. The fourth-order valence-electron chi connectivity index (χ4n) is 6.31. The number of hydrogen-bond donors (Lipinski definition) is 6. The molecule has 5 rings (SSSR count). The van der Waals surface area contributed by atoms with Crippen molar-refractivity contribution in [1.82, 2.24) is 4.90 Å². The van der Waals surface area contributed by atoms with Crippen molar-refractivity contribution < 1.29 is 44.7 Å². The van der Waals surface area contributed by atoms with E-state index in [4.69, 9.17) is 5.73 Å². The molecule has 3 aliphatic rings. The number of amides is 1. The molecule has 3 aliphatic carbocycles. The summed E-state index contributed by atoms with van der Waals surface area (Å²) in [6.45, 7) is 1.42. The van der Waals surface area contributed by atoms with E-state index in [1.807, 2.05) is 0 Å². The molecule has 11 heteroatoms. The summed E-state index contributed by atoms with van der Waals surface area (Å²) in [7, 11) is 2.93. The Labute approximate surface area is 234 Å². The van der Waals surface area contributed by atoms with Crippen LogP contribution in [0.25, 0.3) is 11.6 Å². The minimum Gasteiger partial charge on any atom is -0.510 e. The highest BCUT2D eigenvalue weighted by molar-refractivity contribution is 6.25. The number of nitrogens with two attached hydrogens (primary N) is 1. The van der Waals surface area contributed by atoms with Gasteiger partial charge in [-0.15, -0.1) is 0 Å². The average molecular weight is 561 g/mol. The highest BCUT2D eigenvalue weighted by Crippen LogP contribution is 2.55. The van der Waals surface area contributed by atoms with E-state index in [0.29, 0.717) is 11.1 Å². The van der Waals surface area contributed by atoms with E-state index in [9.17, 15) is 44.7 Å². The molecule has 0 saturated carbocycles. The van der Waals surface area contributed by atoms with Crippen LogP contribution in [-0.4, -0.2) is 85.5 Å². The molecule has 212 valence electrons. The number of likely N-dealkylation sites (N-methyl/N-ethyl adjacent to an activating group) is 1. The first kappa shape index (κ1) is 28.0. The number of fused-ring (bicyclic) bond motifs is 3. The number of aliphatic hydroxyl groups is 4. The van der Waals surface area contributed by atoms with E-state index in [1.54, 1.807) is 36.4 Å². The molecule has 0 bridgehead atoms. The number of primary amides is 1. The van der Waals surface area contributed by atoms with Gasteiger partial charge in [-0.05, 0) is 43.8 Å². The number of ketones is 3. The molecule has 1 amide bonds. The lowest BCUT2D eigenvalue weighted by molar-refractivity contribution is -0.159. The van der Waals surface area contributed by atoms with Gasteiger partial charge in [0.1, 0.15) is 22.8 Å². The van der Waals surface area contributed by atoms with Crippen LogP contribution in [0, 0.1) is 11.8 Å². The normalized spacial score (nSPS) is 28.5. The van der Waals surface area contributed by atoms with Crippen LogP contribution in [0.3, 0.4) is 0 Å². The first-order valence-corrected chi connectivity index (χ1v) is 12.7. The molecule has 0 heterocycles. The van der Waals surface area contributed by atoms with Gasteiger partial charge >= 0.3 is 0 Å². The van der Waals surface area contributed by atoms with Crippen LogP contribution in [-0.2, 0) is 9.59 Å². The zero-order valence-electron chi connectivity index (χ0n) is 22.3. The molecule has 0 aromatic heterocycles. The highest BCUT2D eigenvalue weighted by atomic mass is 16.4. The van der Waals surface area contributed by atoms with Crippen LogP contribution in [0.1, 0.15) is 38.8 Å². The third kappa shape index (κ3) is 3.85. The van der Waals surface area contributed by atoms with Gasteiger partial charge in [0.05, 0.1) is 29.2 Å². The summed E-state index contributed by atoms with van der Waals surface area (Å²) in [5.74, 6) is -9.26. The predicted octanol–water partition coefficient (Wildman–Crippen LogP) is 1.29. The van der Waals surface area contributed by atoms with Crippen LogP contribution >= 0.6 is 0 Å². The average Bonchev–Trinajstić information content (AvgIpc) is 2.90. The Balaban J connectivity index is 1.84. The molecule has 41 heavy (non-hydrogen) atoms. The quantitative estimate of drug-likeness (QED) is 0.234. The SMILES string of the molecule is CC(=O)c1ccc(/C=C2\c3cccc(O)c3C(=O)C3=C(O)[C@]4(O)C(=O)C(C(N)=O)=C(O)[C@@H](N(C)C)[C@H]4[C@@H](O)[C@@H]32)cc1. The standard InChI is InChI=1S/C30H28N2O9/c1-12(33)14-9-7-13(8-10-14)11-16-15-5-4-6-17(34)18(15)24(35)20-19(16)25(36)22-23(32(2)3)26(37)21(29(31)40)28(39)30(22,41)27(20)38/h4-11,19,22-23,25,34,36-38,41H,1-3H3,(H2,31,40)/b16-11+/t19-,22+,23+,25+,30+/m1/s1. The Kier molecular flexibility index (Phi) is 6.49. The number of phenols is 1.